The minimum atomic E-state index is -0.449. The number of ketones is 1. The Kier molecular flexibility index (Phi) is 6.01. The Balaban J connectivity index is 1.52. The number of hydrogen-bond acceptors (Lipinski definition) is 5. The Labute approximate surface area is 170 Å². The van der Waals surface area contributed by atoms with Crippen molar-refractivity contribution >= 4 is 11.8 Å². The van der Waals surface area contributed by atoms with Gasteiger partial charge in [-0.15, -0.1) is 0 Å². The molecule has 1 aromatic carbocycles. The van der Waals surface area contributed by atoms with E-state index in [0.29, 0.717) is 23.6 Å². The van der Waals surface area contributed by atoms with Gasteiger partial charge < -0.3 is 13.7 Å². The van der Waals surface area contributed by atoms with Gasteiger partial charge >= 0.3 is 5.97 Å². The highest BCUT2D eigenvalue weighted by Crippen LogP contribution is 2.23. The first kappa shape index (κ1) is 20.6. The highest BCUT2D eigenvalue weighted by molar-refractivity contribution is 5.99. The molecule has 6 heteroatoms. The highest BCUT2D eigenvalue weighted by Gasteiger charge is 2.16. The lowest BCUT2D eigenvalue weighted by molar-refractivity contribution is -0.142. The zero-order valence-corrected chi connectivity index (χ0v) is 17.5. The summed E-state index contributed by atoms with van der Waals surface area (Å²) in [5.41, 5.74) is 5.78. The van der Waals surface area contributed by atoms with E-state index < -0.39 is 5.97 Å². The molecule has 152 valence electrons. The zero-order chi connectivity index (χ0) is 21.1. The molecule has 0 bridgehead atoms. The molecular weight excluding hydrogens is 368 g/mol. The Hall–Kier alpha value is -3.15. The van der Waals surface area contributed by atoms with Gasteiger partial charge in [-0.2, -0.15) is 0 Å². The van der Waals surface area contributed by atoms with Gasteiger partial charge in [-0.05, 0) is 51.0 Å². The molecule has 0 spiro atoms. The third kappa shape index (κ3) is 4.65. The summed E-state index contributed by atoms with van der Waals surface area (Å²) < 4.78 is 12.8. The monoisotopic (exact) mass is 394 g/mol. The first-order chi connectivity index (χ1) is 13.8. The summed E-state index contributed by atoms with van der Waals surface area (Å²) in [6.45, 7) is 7.64. The molecule has 0 amide bonds. The standard InChI is InChI=1S/C23H26N2O4/c1-14-6-7-18(10-15(14)2)21-12-24-22(29-21)8-9-23(27)28-13-20(26)19-11-16(3)25(5)17(19)4/h6-7,10-12H,8-9,13H2,1-5H3. The minimum Gasteiger partial charge on any atom is -0.457 e. The van der Waals surface area contributed by atoms with Crippen molar-refractivity contribution < 1.29 is 18.7 Å². The molecule has 29 heavy (non-hydrogen) atoms. The third-order valence-corrected chi connectivity index (χ3v) is 5.33. The van der Waals surface area contributed by atoms with Gasteiger partial charge in [0, 0.05) is 36.0 Å². The smallest absolute Gasteiger partial charge is 0.306 e. The SMILES string of the molecule is Cc1ccc(-c2cnc(CCC(=O)OCC(=O)c3cc(C)n(C)c3C)o2)cc1C. The summed E-state index contributed by atoms with van der Waals surface area (Å²) in [4.78, 5) is 28.6. The number of benzene rings is 1. The van der Waals surface area contributed by atoms with Gasteiger partial charge in [0.25, 0.3) is 0 Å². The van der Waals surface area contributed by atoms with Gasteiger partial charge in [0.2, 0.25) is 5.78 Å². The summed E-state index contributed by atoms with van der Waals surface area (Å²) in [6.07, 6.45) is 2.09. The molecule has 0 aliphatic carbocycles. The highest BCUT2D eigenvalue weighted by atomic mass is 16.5. The number of esters is 1. The van der Waals surface area contributed by atoms with Gasteiger partial charge in [-0.1, -0.05) is 12.1 Å². The third-order valence-electron chi connectivity index (χ3n) is 5.33. The second kappa shape index (κ2) is 8.47. The van der Waals surface area contributed by atoms with E-state index in [0.717, 1.165) is 17.0 Å². The van der Waals surface area contributed by atoms with E-state index >= 15 is 0 Å². The number of aryl methyl sites for hydroxylation is 4. The second-order valence-electron chi connectivity index (χ2n) is 7.34. The van der Waals surface area contributed by atoms with Crippen LogP contribution in [0.2, 0.25) is 0 Å². The fourth-order valence-electron chi connectivity index (χ4n) is 3.10. The number of aromatic nitrogens is 2. The first-order valence-corrected chi connectivity index (χ1v) is 9.60. The van der Waals surface area contributed by atoms with Crippen LogP contribution in [0, 0.1) is 27.7 Å². The summed E-state index contributed by atoms with van der Waals surface area (Å²) in [7, 11) is 1.90. The normalized spacial score (nSPS) is 10.9. The van der Waals surface area contributed by atoms with Gasteiger partial charge in [0.05, 0.1) is 12.6 Å². The van der Waals surface area contributed by atoms with Gasteiger partial charge in [0.15, 0.2) is 18.3 Å². The van der Waals surface area contributed by atoms with E-state index in [-0.39, 0.29) is 18.8 Å². The number of nitrogens with zero attached hydrogens (tertiary/aromatic N) is 2. The molecule has 0 N–H and O–H groups in total. The number of rotatable bonds is 7. The second-order valence-corrected chi connectivity index (χ2v) is 7.34. The van der Waals surface area contributed by atoms with Crippen LogP contribution in [0.3, 0.4) is 0 Å². The van der Waals surface area contributed by atoms with Crippen molar-refractivity contribution in [1.82, 2.24) is 9.55 Å². The average molecular weight is 394 g/mol. The summed E-state index contributed by atoms with van der Waals surface area (Å²) in [5.74, 6) is 0.486. The number of Topliss-reactive ketones (excluding diaryl/α,β-unsaturated/α-hetero) is 1. The largest absolute Gasteiger partial charge is 0.457 e. The Morgan fingerprint density at radius 2 is 1.86 bits per heavy atom. The van der Waals surface area contributed by atoms with Crippen LogP contribution in [-0.2, 0) is 23.0 Å². The average Bonchev–Trinajstić information content (AvgIpc) is 3.27. The quantitative estimate of drug-likeness (QED) is 0.442. The Bertz CT molecular complexity index is 1060. The van der Waals surface area contributed by atoms with Crippen LogP contribution in [0.1, 0.15) is 45.2 Å². The van der Waals surface area contributed by atoms with E-state index in [4.69, 9.17) is 9.15 Å². The van der Waals surface area contributed by atoms with Crippen LogP contribution in [0.4, 0.5) is 0 Å². The molecule has 0 radical (unpaired) electrons. The van der Waals surface area contributed by atoms with Crippen molar-refractivity contribution in [3.8, 4) is 11.3 Å². The first-order valence-electron chi connectivity index (χ1n) is 9.60. The maximum Gasteiger partial charge on any atom is 0.306 e. The molecule has 0 saturated heterocycles. The summed E-state index contributed by atoms with van der Waals surface area (Å²) in [5, 5.41) is 0. The Morgan fingerprint density at radius 1 is 1.10 bits per heavy atom. The molecule has 0 aliphatic rings. The van der Waals surface area contributed by atoms with E-state index in [1.165, 1.54) is 11.1 Å². The molecule has 6 nitrogen and oxygen atoms in total. The maximum absolute atomic E-state index is 12.3. The topological polar surface area (TPSA) is 74.3 Å². The fourth-order valence-corrected chi connectivity index (χ4v) is 3.10. The molecule has 3 rings (SSSR count). The molecule has 2 aromatic heterocycles. The number of carbonyl (C=O) groups excluding carboxylic acids is 2. The lowest BCUT2D eigenvalue weighted by atomic mass is 10.1. The number of oxazole rings is 1. The van der Waals surface area contributed by atoms with E-state index in [2.05, 4.69) is 11.9 Å². The number of hydrogen-bond donors (Lipinski definition) is 0. The molecule has 3 aromatic rings. The van der Waals surface area contributed by atoms with Crippen LogP contribution in [0.25, 0.3) is 11.3 Å². The van der Waals surface area contributed by atoms with Gasteiger partial charge in [-0.3, -0.25) is 9.59 Å². The van der Waals surface area contributed by atoms with Crippen molar-refractivity contribution in [2.75, 3.05) is 6.61 Å². The van der Waals surface area contributed by atoms with Crippen LogP contribution in [0.15, 0.2) is 34.9 Å². The lowest BCUT2D eigenvalue weighted by Gasteiger charge is -2.04. The fraction of sp³-hybridized carbons (Fsp3) is 0.348. The Morgan fingerprint density at radius 3 is 2.52 bits per heavy atom. The molecule has 0 saturated carbocycles. The predicted octanol–water partition coefficient (Wildman–Crippen LogP) is 4.27. The molecule has 0 fully saturated rings. The van der Waals surface area contributed by atoms with Crippen molar-refractivity contribution in [2.45, 2.75) is 40.5 Å². The molecular formula is C23H26N2O4. The van der Waals surface area contributed by atoms with Crippen molar-refractivity contribution in [3.63, 3.8) is 0 Å². The van der Waals surface area contributed by atoms with Crippen LogP contribution in [0.5, 0.6) is 0 Å². The van der Waals surface area contributed by atoms with Gasteiger partial charge in [0.1, 0.15) is 0 Å². The maximum atomic E-state index is 12.3. The van der Waals surface area contributed by atoms with Crippen molar-refractivity contribution in [2.24, 2.45) is 7.05 Å². The van der Waals surface area contributed by atoms with Crippen LogP contribution in [-0.4, -0.2) is 27.9 Å². The summed E-state index contributed by atoms with van der Waals surface area (Å²) >= 11 is 0. The minimum absolute atomic E-state index is 0.104. The van der Waals surface area contributed by atoms with Gasteiger partial charge in [-0.25, -0.2) is 4.98 Å². The van der Waals surface area contributed by atoms with Crippen LogP contribution < -0.4 is 0 Å². The van der Waals surface area contributed by atoms with Crippen molar-refractivity contribution in [1.29, 1.82) is 0 Å². The molecule has 2 heterocycles. The van der Waals surface area contributed by atoms with E-state index in [1.54, 1.807) is 6.20 Å². The molecule has 0 atom stereocenters. The van der Waals surface area contributed by atoms with E-state index in [9.17, 15) is 9.59 Å². The number of ether oxygens (including phenoxy) is 1. The lowest BCUT2D eigenvalue weighted by Crippen LogP contribution is -2.15. The number of carbonyl (C=O) groups is 2. The zero-order valence-electron chi connectivity index (χ0n) is 17.5. The molecule has 0 unspecified atom stereocenters. The van der Waals surface area contributed by atoms with E-state index in [1.807, 2.05) is 56.7 Å². The molecule has 0 aliphatic heterocycles. The van der Waals surface area contributed by atoms with Crippen LogP contribution >= 0.6 is 0 Å². The van der Waals surface area contributed by atoms with Crippen molar-refractivity contribution in [3.05, 3.63) is 64.4 Å². The summed E-state index contributed by atoms with van der Waals surface area (Å²) in [6, 6.07) is 7.89. The predicted molar refractivity (Wildman–Crippen MR) is 110 cm³/mol.